The highest BCUT2D eigenvalue weighted by Gasteiger charge is 2.11. The van der Waals surface area contributed by atoms with Crippen molar-refractivity contribution in [1.29, 1.82) is 0 Å². The Balaban J connectivity index is 1.99. The van der Waals surface area contributed by atoms with Gasteiger partial charge in [0.1, 0.15) is 0 Å². The van der Waals surface area contributed by atoms with E-state index in [9.17, 15) is 13.2 Å². The van der Waals surface area contributed by atoms with Gasteiger partial charge in [-0.05, 0) is 29.8 Å². The van der Waals surface area contributed by atoms with E-state index in [-0.39, 0.29) is 0 Å². The van der Waals surface area contributed by atoms with Crippen LogP contribution in [0, 0.1) is 0 Å². The van der Waals surface area contributed by atoms with Crippen LogP contribution in [0.5, 0.6) is 0 Å². The molecule has 7 heteroatoms. The molecule has 2 aromatic rings. The molecule has 114 valence electrons. The molecule has 0 aliphatic rings. The van der Waals surface area contributed by atoms with E-state index in [0.29, 0.717) is 16.3 Å². The number of hydrogen-bond donors (Lipinski definition) is 2. The Morgan fingerprint density at radius 3 is 2.45 bits per heavy atom. The number of hydrogen-bond acceptors (Lipinski definition) is 3. The van der Waals surface area contributed by atoms with E-state index in [1.54, 1.807) is 42.5 Å². The molecule has 0 aliphatic heterocycles. The third kappa shape index (κ3) is 5.23. The van der Waals surface area contributed by atoms with E-state index in [4.69, 9.17) is 11.6 Å². The summed E-state index contributed by atoms with van der Waals surface area (Å²) in [5, 5.41) is 3.75. The number of halogens is 1. The van der Waals surface area contributed by atoms with E-state index in [1.807, 2.05) is 10.8 Å². The lowest BCUT2D eigenvalue weighted by molar-refractivity contribution is 0.256. The number of benzene rings is 2. The molecule has 2 aromatic carbocycles. The zero-order valence-corrected chi connectivity index (χ0v) is 12.9. The Morgan fingerprint density at radius 2 is 1.77 bits per heavy atom. The molecule has 22 heavy (non-hydrogen) atoms. The van der Waals surface area contributed by atoms with Crippen LogP contribution in [0.1, 0.15) is 5.56 Å². The van der Waals surface area contributed by atoms with Crippen molar-refractivity contribution in [3.05, 3.63) is 70.6 Å². The second-order valence-corrected chi connectivity index (χ2v) is 6.33. The first-order valence-electron chi connectivity index (χ1n) is 6.27. The molecule has 0 saturated heterocycles. The minimum atomic E-state index is -3.88. The quantitative estimate of drug-likeness (QED) is 0.897. The second kappa shape index (κ2) is 7.11. The van der Waals surface area contributed by atoms with Gasteiger partial charge in [0.25, 0.3) is 10.0 Å². The topological polar surface area (TPSA) is 75.3 Å². The highest BCUT2D eigenvalue weighted by Crippen LogP contribution is 2.14. The minimum absolute atomic E-state index is 0.396. The van der Waals surface area contributed by atoms with Gasteiger partial charge in [0.2, 0.25) is 0 Å². The molecule has 0 radical (unpaired) electrons. The molecule has 0 bridgehead atoms. The molecule has 0 aromatic heterocycles. The summed E-state index contributed by atoms with van der Waals surface area (Å²) >= 11 is 5.78. The number of urea groups is 1. The summed E-state index contributed by atoms with van der Waals surface area (Å²) in [5.74, 6) is 0. The van der Waals surface area contributed by atoms with Gasteiger partial charge in [-0.15, -0.1) is 0 Å². The molecule has 2 amide bonds. The van der Waals surface area contributed by atoms with Crippen LogP contribution in [0.2, 0.25) is 5.02 Å². The molecule has 0 heterocycles. The van der Waals surface area contributed by atoms with E-state index in [2.05, 4.69) is 5.32 Å². The van der Waals surface area contributed by atoms with Crippen molar-refractivity contribution in [2.75, 3.05) is 5.32 Å². The Bertz CT molecular complexity index is 789. The Morgan fingerprint density at radius 1 is 1.05 bits per heavy atom. The largest absolute Gasteiger partial charge is 0.333 e. The Labute approximate surface area is 133 Å². The highest BCUT2D eigenvalue weighted by molar-refractivity contribution is 7.93. The fourth-order valence-corrected chi connectivity index (χ4v) is 2.52. The lowest BCUT2D eigenvalue weighted by Gasteiger charge is -2.06. The highest BCUT2D eigenvalue weighted by atomic mass is 35.5. The van der Waals surface area contributed by atoms with E-state index in [1.165, 1.54) is 12.1 Å². The Hall–Kier alpha value is -2.31. The van der Waals surface area contributed by atoms with Gasteiger partial charge < -0.3 is 5.32 Å². The van der Waals surface area contributed by atoms with Crippen LogP contribution >= 0.6 is 11.6 Å². The summed E-state index contributed by atoms with van der Waals surface area (Å²) < 4.78 is 25.5. The minimum Gasteiger partial charge on any atom is -0.307 e. The standard InChI is InChI=1S/C15H13ClN2O3S/c16-13-7-4-8-14(11-13)17-15(19)18-22(20,21)10-9-12-5-2-1-3-6-12/h1-11H,(H2,17,18,19)/b10-9+. The van der Waals surface area contributed by atoms with Crippen LogP contribution in [0.4, 0.5) is 10.5 Å². The van der Waals surface area contributed by atoms with Gasteiger partial charge in [0.15, 0.2) is 0 Å². The van der Waals surface area contributed by atoms with E-state index in [0.717, 1.165) is 5.41 Å². The number of nitrogens with one attached hydrogen (secondary N) is 2. The van der Waals surface area contributed by atoms with Crippen molar-refractivity contribution in [2.24, 2.45) is 0 Å². The first-order valence-corrected chi connectivity index (χ1v) is 8.19. The van der Waals surface area contributed by atoms with Crippen molar-refractivity contribution in [1.82, 2.24) is 4.72 Å². The van der Waals surface area contributed by atoms with Gasteiger partial charge in [-0.25, -0.2) is 17.9 Å². The van der Waals surface area contributed by atoms with Gasteiger partial charge in [0, 0.05) is 10.7 Å². The number of carbonyl (C=O) groups excluding carboxylic acids is 1. The number of rotatable bonds is 4. The molecule has 0 atom stereocenters. The van der Waals surface area contributed by atoms with Gasteiger partial charge in [0.05, 0.1) is 5.41 Å². The first-order chi connectivity index (χ1) is 10.4. The number of amides is 2. The van der Waals surface area contributed by atoms with Gasteiger partial charge in [-0.3, -0.25) is 0 Å². The van der Waals surface area contributed by atoms with Crippen LogP contribution in [-0.2, 0) is 10.0 Å². The maximum Gasteiger partial charge on any atom is 0.333 e. The summed E-state index contributed by atoms with van der Waals surface area (Å²) in [6, 6.07) is 14.4. The van der Waals surface area contributed by atoms with Gasteiger partial charge >= 0.3 is 6.03 Å². The van der Waals surface area contributed by atoms with Crippen LogP contribution in [0.15, 0.2) is 60.0 Å². The summed E-state index contributed by atoms with van der Waals surface area (Å²) in [6.07, 6.45) is 1.40. The molecule has 0 unspecified atom stereocenters. The predicted octanol–water partition coefficient (Wildman–Crippen LogP) is 3.46. The summed E-state index contributed by atoms with van der Waals surface area (Å²) in [7, 11) is -3.88. The fraction of sp³-hybridized carbons (Fsp3) is 0. The SMILES string of the molecule is O=C(Nc1cccc(Cl)c1)NS(=O)(=O)/C=C/c1ccccc1. The van der Waals surface area contributed by atoms with Crippen LogP contribution in [0.3, 0.4) is 0 Å². The summed E-state index contributed by atoms with van der Waals surface area (Å²) in [5.41, 5.74) is 1.11. The average Bonchev–Trinajstić information content (AvgIpc) is 2.46. The van der Waals surface area contributed by atoms with E-state index >= 15 is 0 Å². The number of sulfonamides is 1. The third-order valence-corrected chi connectivity index (χ3v) is 3.76. The average molecular weight is 337 g/mol. The molecule has 2 rings (SSSR count). The van der Waals surface area contributed by atoms with Crippen molar-refractivity contribution >= 4 is 39.4 Å². The molecular weight excluding hydrogens is 324 g/mol. The third-order valence-electron chi connectivity index (χ3n) is 2.56. The lowest BCUT2D eigenvalue weighted by Crippen LogP contribution is -2.32. The van der Waals surface area contributed by atoms with Crippen molar-refractivity contribution in [3.63, 3.8) is 0 Å². The smallest absolute Gasteiger partial charge is 0.307 e. The molecule has 5 nitrogen and oxygen atoms in total. The van der Waals surface area contributed by atoms with Crippen molar-refractivity contribution in [2.45, 2.75) is 0 Å². The normalized spacial score (nSPS) is 11.3. The summed E-state index contributed by atoms with van der Waals surface area (Å²) in [6.45, 7) is 0. The first kappa shape index (κ1) is 16.1. The summed E-state index contributed by atoms with van der Waals surface area (Å²) in [4.78, 5) is 11.7. The van der Waals surface area contributed by atoms with Gasteiger partial charge in [-0.1, -0.05) is 48.0 Å². The molecule has 2 N–H and O–H groups in total. The fourth-order valence-electron chi connectivity index (χ4n) is 1.62. The van der Waals surface area contributed by atoms with E-state index < -0.39 is 16.1 Å². The van der Waals surface area contributed by atoms with Gasteiger partial charge in [-0.2, -0.15) is 0 Å². The monoisotopic (exact) mass is 336 g/mol. The molecule has 0 spiro atoms. The van der Waals surface area contributed by atoms with Crippen LogP contribution < -0.4 is 10.0 Å². The molecular formula is C15H13ClN2O3S. The zero-order valence-electron chi connectivity index (χ0n) is 11.4. The molecule has 0 saturated carbocycles. The predicted molar refractivity (Wildman–Crippen MR) is 88.0 cm³/mol. The van der Waals surface area contributed by atoms with Crippen LogP contribution in [0.25, 0.3) is 6.08 Å². The Kier molecular flexibility index (Phi) is 5.19. The molecule has 0 fully saturated rings. The number of anilines is 1. The van der Waals surface area contributed by atoms with Crippen LogP contribution in [-0.4, -0.2) is 14.4 Å². The number of carbonyl (C=O) groups is 1. The molecule has 0 aliphatic carbocycles. The van der Waals surface area contributed by atoms with Crippen molar-refractivity contribution in [3.8, 4) is 0 Å². The second-order valence-electron chi connectivity index (χ2n) is 4.32. The van der Waals surface area contributed by atoms with Crippen molar-refractivity contribution < 1.29 is 13.2 Å². The maximum absolute atomic E-state index is 11.8. The lowest BCUT2D eigenvalue weighted by atomic mass is 10.2. The zero-order chi connectivity index (χ0) is 16.0. The maximum atomic E-state index is 11.8.